The Kier molecular flexibility index (Phi) is 2.23. The number of carbonyl (C=O) groups excluding carboxylic acids is 1. The maximum absolute atomic E-state index is 10.8. The highest BCUT2D eigenvalue weighted by molar-refractivity contribution is 5.91. The van der Waals surface area contributed by atoms with Crippen molar-refractivity contribution in [1.29, 1.82) is 0 Å². The van der Waals surface area contributed by atoms with E-state index < -0.39 is 5.91 Å². The first kappa shape index (κ1) is 8.45. The summed E-state index contributed by atoms with van der Waals surface area (Å²) in [6.07, 6.45) is 0.565. The van der Waals surface area contributed by atoms with Crippen molar-refractivity contribution in [3.8, 4) is 0 Å². The van der Waals surface area contributed by atoms with Gasteiger partial charge in [-0.15, -0.1) is 0 Å². The van der Waals surface area contributed by atoms with Crippen molar-refractivity contribution in [1.82, 2.24) is 10.2 Å². The summed E-state index contributed by atoms with van der Waals surface area (Å²) in [5.41, 5.74) is 5.41. The Labute approximate surface area is 68.6 Å². The fourth-order valence-electron chi connectivity index (χ4n) is 0.925. The monoisotopic (exact) mass is 167 g/mol. The molecule has 0 bridgehead atoms. The summed E-state index contributed by atoms with van der Waals surface area (Å²) < 4.78 is 0. The molecular formula is C7H9N3O2. The lowest BCUT2D eigenvalue weighted by atomic mass is 10.1. The van der Waals surface area contributed by atoms with E-state index in [0.717, 1.165) is 0 Å². The molecule has 0 aromatic carbocycles. The maximum Gasteiger partial charge on any atom is 0.269 e. The smallest absolute Gasteiger partial charge is 0.269 e. The molecule has 1 heterocycles. The molecule has 64 valence electrons. The fraction of sp³-hybridized carbons (Fsp3) is 0.286. The van der Waals surface area contributed by atoms with Crippen LogP contribution in [0.15, 0.2) is 10.9 Å². The highest BCUT2D eigenvalue weighted by Crippen LogP contribution is 2.00. The number of carbonyl (C=O) groups is 1. The molecule has 1 aromatic heterocycles. The number of nitrogens with zero attached hydrogens (tertiary/aromatic N) is 1. The number of H-pyrrole nitrogens is 1. The molecule has 0 aliphatic heterocycles. The minimum atomic E-state index is -0.622. The lowest BCUT2D eigenvalue weighted by Crippen LogP contribution is -2.20. The van der Waals surface area contributed by atoms with E-state index in [1.165, 1.54) is 6.07 Å². The predicted octanol–water partition coefficient (Wildman–Crippen LogP) is -0.569. The number of primary amides is 1. The van der Waals surface area contributed by atoms with Gasteiger partial charge in [-0.3, -0.25) is 9.59 Å². The van der Waals surface area contributed by atoms with Crippen molar-refractivity contribution in [3.63, 3.8) is 0 Å². The number of hydrogen-bond donors (Lipinski definition) is 2. The van der Waals surface area contributed by atoms with Crippen molar-refractivity contribution < 1.29 is 4.79 Å². The van der Waals surface area contributed by atoms with Gasteiger partial charge in [0.25, 0.3) is 11.5 Å². The maximum atomic E-state index is 10.8. The summed E-state index contributed by atoms with van der Waals surface area (Å²) in [7, 11) is 0. The average Bonchev–Trinajstić information content (AvgIpc) is 2.03. The van der Waals surface area contributed by atoms with Crippen molar-refractivity contribution in [2.24, 2.45) is 5.73 Å². The second-order valence-corrected chi connectivity index (χ2v) is 2.32. The van der Waals surface area contributed by atoms with Crippen LogP contribution in [0, 0.1) is 0 Å². The van der Waals surface area contributed by atoms with E-state index in [1.807, 2.05) is 6.92 Å². The van der Waals surface area contributed by atoms with Gasteiger partial charge < -0.3 is 5.73 Å². The summed E-state index contributed by atoms with van der Waals surface area (Å²) in [6.45, 7) is 1.82. The molecular weight excluding hydrogens is 158 g/mol. The Morgan fingerprint density at radius 3 is 2.92 bits per heavy atom. The Morgan fingerprint density at radius 2 is 2.42 bits per heavy atom. The van der Waals surface area contributed by atoms with E-state index in [4.69, 9.17) is 5.73 Å². The van der Waals surface area contributed by atoms with Gasteiger partial charge in [0, 0.05) is 6.07 Å². The molecule has 0 fully saturated rings. The van der Waals surface area contributed by atoms with Crippen LogP contribution in [0.4, 0.5) is 0 Å². The zero-order valence-corrected chi connectivity index (χ0v) is 6.63. The average molecular weight is 167 g/mol. The largest absolute Gasteiger partial charge is 0.364 e. The molecule has 0 saturated carbocycles. The minimum absolute atomic E-state index is 0.136. The number of aromatic amines is 1. The van der Waals surface area contributed by atoms with Gasteiger partial charge in [-0.2, -0.15) is 5.10 Å². The molecule has 1 rings (SSSR count). The number of nitrogens with two attached hydrogens (primary N) is 1. The second-order valence-electron chi connectivity index (χ2n) is 2.32. The molecule has 5 nitrogen and oxygen atoms in total. The van der Waals surface area contributed by atoms with Gasteiger partial charge in [-0.1, -0.05) is 6.92 Å². The second kappa shape index (κ2) is 3.17. The predicted molar refractivity (Wildman–Crippen MR) is 42.8 cm³/mol. The van der Waals surface area contributed by atoms with E-state index in [9.17, 15) is 9.59 Å². The minimum Gasteiger partial charge on any atom is -0.364 e. The molecule has 1 amide bonds. The molecule has 0 spiro atoms. The molecule has 1 aromatic rings. The van der Waals surface area contributed by atoms with Crippen LogP contribution in [-0.2, 0) is 6.42 Å². The number of rotatable bonds is 2. The van der Waals surface area contributed by atoms with Gasteiger partial charge in [0.05, 0.1) is 0 Å². The van der Waals surface area contributed by atoms with Crippen LogP contribution in [0.1, 0.15) is 23.0 Å². The first-order valence-electron chi connectivity index (χ1n) is 3.53. The van der Waals surface area contributed by atoms with E-state index in [2.05, 4.69) is 10.2 Å². The quantitative estimate of drug-likeness (QED) is 0.618. The van der Waals surface area contributed by atoms with Gasteiger partial charge in [-0.05, 0) is 12.0 Å². The number of nitrogens with one attached hydrogen (secondary N) is 1. The number of aryl methyl sites for hydroxylation is 1. The van der Waals surface area contributed by atoms with Crippen molar-refractivity contribution in [2.45, 2.75) is 13.3 Å². The lowest BCUT2D eigenvalue weighted by Gasteiger charge is -1.99. The summed E-state index contributed by atoms with van der Waals surface area (Å²) in [5.74, 6) is -0.622. The molecule has 12 heavy (non-hydrogen) atoms. The Bertz CT molecular complexity index is 356. The topological polar surface area (TPSA) is 88.8 Å². The van der Waals surface area contributed by atoms with Crippen LogP contribution in [-0.4, -0.2) is 16.1 Å². The molecule has 0 atom stereocenters. The number of hydrogen-bond acceptors (Lipinski definition) is 3. The summed E-state index contributed by atoms with van der Waals surface area (Å²) >= 11 is 0. The van der Waals surface area contributed by atoms with Gasteiger partial charge in [0.2, 0.25) is 0 Å². The molecule has 0 radical (unpaired) electrons. The van der Waals surface area contributed by atoms with Crippen molar-refractivity contribution >= 4 is 5.91 Å². The summed E-state index contributed by atoms with van der Waals surface area (Å²) in [4.78, 5) is 21.5. The number of amides is 1. The third kappa shape index (κ3) is 1.50. The van der Waals surface area contributed by atoms with Crippen LogP contribution < -0.4 is 11.3 Å². The van der Waals surface area contributed by atoms with E-state index in [0.29, 0.717) is 12.0 Å². The van der Waals surface area contributed by atoms with E-state index in [1.54, 1.807) is 0 Å². The highest BCUT2D eigenvalue weighted by Gasteiger charge is 2.08. The Hall–Kier alpha value is -1.65. The van der Waals surface area contributed by atoms with Crippen LogP contribution in [0.25, 0.3) is 0 Å². The van der Waals surface area contributed by atoms with E-state index in [-0.39, 0.29) is 11.3 Å². The standard InChI is InChI=1S/C7H9N3O2/c1-2-4-3-5(11)9-10-6(4)7(8)12/h3H,2H2,1H3,(H2,8,12)(H,9,11). The van der Waals surface area contributed by atoms with Gasteiger partial charge in [-0.25, -0.2) is 5.10 Å². The summed E-state index contributed by atoms with van der Waals surface area (Å²) in [6, 6.07) is 1.33. The highest BCUT2D eigenvalue weighted by atomic mass is 16.1. The van der Waals surface area contributed by atoms with Crippen LogP contribution >= 0.6 is 0 Å². The van der Waals surface area contributed by atoms with Crippen molar-refractivity contribution in [2.75, 3.05) is 0 Å². The third-order valence-electron chi connectivity index (χ3n) is 1.50. The SMILES string of the molecule is CCc1cc(=O)[nH]nc1C(N)=O. The zero-order chi connectivity index (χ0) is 9.14. The normalized spacial score (nSPS) is 9.75. The van der Waals surface area contributed by atoms with Gasteiger partial charge >= 0.3 is 0 Å². The fourth-order valence-corrected chi connectivity index (χ4v) is 0.925. The third-order valence-corrected chi connectivity index (χ3v) is 1.50. The van der Waals surface area contributed by atoms with Gasteiger partial charge in [0.1, 0.15) is 0 Å². The van der Waals surface area contributed by atoms with Crippen LogP contribution in [0.5, 0.6) is 0 Å². The molecule has 0 saturated heterocycles. The first-order valence-corrected chi connectivity index (χ1v) is 3.53. The Balaban J connectivity index is 3.29. The zero-order valence-electron chi connectivity index (χ0n) is 6.63. The van der Waals surface area contributed by atoms with Crippen LogP contribution in [0.2, 0.25) is 0 Å². The first-order chi connectivity index (χ1) is 5.65. The number of aromatic nitrogens is 2. The van der Waals surface area contributed by atoms with Gasteiger partial charge in [0.15, 0.2) is 5.69 Å². The van der Waals surface area contributed by atoms with Crippen LogP contribution in [0.3, 0.4) is 0 Å². The lowest BCUT2D eigenvalue weighted by molar-refractivity contribution is 0.0993. The molecule has 0 aliphatic rings. The molecule has 5 heteroatoms. The molecule has 0 unspecified atom stereocenters. The van der Waals surface area contributed by atoms with E-state index >= 15 is 0 Å². The Morgan fingerprint density at radius 1 is 1.75 bits per heavy atom. The van der Waals surface area contributed by atoms with Crippen molar-refractivity contribution in [3.05, 3.63) is 27.7 Å². The summed E-state index contributed by atoms with van der Waals surface area (Å²) in [5, 5.41) is 5.69. The molecule has 0 aliphatic carbocycles. The molecule has 3 N–H and O–H groups in total.